The monoisotopic (exact) mass is 501 g/mol. The van der Waals surface area contributed by atoms with Gasteiger partial charge in [0.2, 0.25) is 5.95 Å². The van der Waals surface area contributed by atoms with Crippen molar-refractivity contribution in [2.75, 3.05) is 24.4 Å². The number of hydrogen-bond donors (Lipinski definition) is 2. The van der Waals surface area contributed by atoms with Gasteiger partial charge in [-0.2, -0.15) is 4.98 Å². The van der Waals surface area contributed by atoms with E-state index in [2.05, 4.69) is 16.7 Å². The third kappa shape index (κ3) is 4.33. The summed E-state index contributed by atoms with van der Waals surface area (Å²) in [6, 6.07) is 16.7. The molecule has 0 saturated carbocycles. The zero-order valence-corrected chi connectivity index (χ0v) is 21.3. The highest BCUT2D eigenvalue weighted by Gasteiger charge is 2.36. The number of para-hydroxylation sites is 2. The van der Waals surface area contributed by atoms with Gasteiger partial charge in [0, 0.05) is 16.1 Å². The van der Waals surface area contributed by atoms with Crippen LogP contribution in [0.25, 0.3) is 11.4 Å². The largest absolute Gasteiger partial charge is 0.495 e. The van der Waals surface area contributed by atoms with E-state index in [1.165, 1.54) is 0 Å². The molecular weight excluding hydrogens is 474 g/mol. The molecule has 8 nitrogen and oxygen atoms in total. The number of hydrogen-bond acceptors (Lipinski definition) is 7. The quantitative estimate of drug-likeness (QED) is 0.340. The Labute approximate surface area is 213 Å². The molecule has 1 aliphatic heterocycles. The van der Waals surface area contributed by atoms with Gasteiger partial charge in [0.1, 0.15) is 17.5 Å². The van der Waals surface area contributed by atoms with Crippen LogP contribution in [0.3, 0.4) is 0 Å². The van der Waals surface area contributed by atoms with Gasteiger partial charge < -0.3 is 20.1 Å². The van der Waals surface area contributed by atoms with Crippen molar-refractivity contribution in [2.45, 2.75) is 26.8 Å². The summed E-state index contributed by atoms with van der Waals surface area (Å²) in [6.07, 6.45) is 0. The zero-order valence-electron chi connectivity index (χ0n) is 20.5. The molecule has 2 aromatic carbocycles. The zero-order chi connectivity index (χ0) is 25.2. The standard InChI is InChI=1S/C27H27N5O3S/c1-5-35-19-12-10-18(11-13-19)25-30-27-28-17(3)22(23(32(27)31-25)24-16(2)14-15-36-24)26(33)29-20-8-6-7-9-21(20)34-4/h6-15,23H,5H2,1-4H3,(H,29,33)(H,28,30,31). The molecule has 1 unspecified atom stereocenters. The van der Waals surface area contributed by atoms with Gasteiger partial charge in [0.05, 0.1) is 25.0 Å². The second-order valence-electron chi connectivity index (χ2n) is 8.35. The summed E-state index contributed by atoms with van der Waals surface area (Å²) >= 11 is 1.60. The van der Waals surface area contributed by atoms with Crippen LogP contribution in [0.15, 0.2) is 71.2 Å². The van der Waals surface area contributed by atoms with Gasteiger partial charge in [0.15, 0.2) is 5.82 Å². The van der Waals surface area contributed by atoms with Gasteiger partial charge in [0.25, 0.3) is 5.91 Å². The smallest absolute Gasteiger partial charge is 0.256 e. The number of aromatic nitrogens is 3. The normalized spacial score (nSPS) is 14.7. The number of methoxy groups -OCH3 is 1. The number of thiophene rings is 1. The third-order valence-electron chi connectivity index (χ3n) is 6.03. The van der Waals surface area contributed by atoms with Crippen molar-refractivity contribution < 1.29 is 14.3 Å². The molecule has 1 amide bonds. The molecule has 2 aromatic heterocycles. The molecule has 3 heterocycles. The number of nitrogens with one attached hydrogen (secondary N) is 2. The summed E-state index contributed by atoms with van der Waals surface area (Å²) in [5, 5.41) is 13.2. The lowest BCUT2D eigenvalue weighted by Crippen LogP contribution is -2.31. The lowest BCUT2D eigenvalue weighted by molar-refractivity contribution is -0.113. The van der Waals surface area contributed by atoms with Crippen LogP contribution in [0.4, 0.5) is 11.6 Å². The first-order valence-corrected chi connectivity index (χ1v) is 12.5. The molecule has 0 bridgehead atoms. The fraction of sp³-hybridized carbons (Fsp3) is 0.222. The SMILES string of the molecule is CCOc1ccc(-c2nc3n(n2)C(c2sccc2C)C(C(=O)Nc2ccccc2OC)=C(C)N3)cc1. The molecule has 184 valence electrons. The number of fused-ring (bicyclic) bond motifs is 1. The second-order valence-corrected chi connectivity index (χ2v) is 9.30. The van der Waals surface area contributed by atoms with Gasteiger partial charge >= 0.3 is 0 Å². The van der Waals surface area contributed by atoms with Crippen molar-refractivity contribution in [1.82, 2.24) is 14.8 Å². The molecule has 0 fully saturated rings. The lowest BCUT2D eigenvalue weighted by Gasteiger charge is -2.28. The number of allylic oxidation sites excluding steroid dienone is 1. The van der Waals surface area contributed by atoms with Gasteiger partial charge in [-0.15, -0.1) is 16.4 Å². The van der Waals surface area contributed by atoms with Crippen molar-refractivity contribution in [3.05, 3.63) is 81.7 Å². The number of benzene rings is 2. The van der Waals surface area contributed by atoms with E-state index in [0.717, 1.165) is 27.5 Å². The van der Waals surface area contributed by atoms with E-state index in [9.17, 15) is 4.79 Å². The number of amides is 1. The first-order valence-electron chi connectivity index (χ1n) is 11.7. The molecule has 4 aromatic rings. The van der Waals surface area contributed by atoms with Crippen molar-refractivity contribution in [1.29, 1.82) is 0 Å². The van der Waals surface area contributed by atoms with E-state index in [1.807, 2.05) is 74.7 Å². The number of nitrogens with zero attached hydrogens (tertiary/aromatic N) is 3. The molecule has 36 heavy (non-hydrogen) atoms. The maximum absolute atomic E-state index is 13.7. The van der Waals surface area contributed by atoms with Crippen LogP contribution in [0, 0.1) is 6.92 Å². The molecule has 0 aliphatic carbocycles. The molecule has 2 N–H and O–H groups in total. The first-order chi connectivity index (χ1) is 17.5. The lowest BCUT2D eigenvalue weighted by atomic mass is 9.98. The predicted octanol–water partition coefficient (Wildman–Crippen LogP) is 5.65. The van der Waals surface area contributed by atoms with Gasteiger partial charge in [-0.25, -0.2) is 4.68 Å². The summed E-state index contributed by atoms with van der Waals surface area (Å²) in [6.45, 7) is 6.49. The highest BCUT2D eigenvalue weighted by atomic mass is 32.1. The van der Waals surface area contributed by atoms with E-state index in [4.69, 9.17) is 19.6 Å². The van der Waals surface area contributed by atoms with E-state index in [1.54, 1.807) is 23.1 Å². The molecular formula is C27H27N5O3S. The van der Waals surface area contributed by atoms with Crippen LogP contribution in [0.1, 0.15) is 30.3 Å². The van der Waals surface area contributed by atoms with Crippen molar-refractivity contribution >= 4 is 28.9 Å². The Bertz CT molecular complexity index is 1440. The average molecular weight is 502 g/mol. The molecule has 0 saturated heterocycles. The number of ether oxygens (including phenoxy) is 2. The van der Waals surface area contributed by atoms with Crippen LogP contribution in [0.5, 0.6) is 11.5 Å². The molecule has 1 aliphatic rings. The fourth-order valence-corrected chi connectivity index (χ4v) is 5.30. The molecule has 9 heteroatoms. The van der Waals surface area contributed by atoms with Crippen molar-refractivity contribution in [3.8, 4) is 22.9 Å². The summed E-state index contributed by atoms with van der Waals surface area (Å²) in [7, 11) is 1.58. The minimum absolute atomic E-state index is 0.230. The minimum Gasteiger partial charge on any atom is -0.495 e. The maximum Gasteiger partial charge on any atom is 0.256 e. The highest BCUT2D eigenvalue weighted by molar-refractivity contribution is 7.10. The van der Waals surface area contributed by atoms with Crippen LogP contribution in [-0.4, -0.2) is 34.4 Å². The molecule has 1 atom stereocenters. The van der Waals surface area contributed by atoms with Crippen LogP contribution < -0.4 is 20.1 Å². The number of carbonyl (C=O) groups excluding carboxylic acids is 1. The van der Waals surface area contributed by atoms with E-state index in [0.29, 0.717) is 35.4 Å². The molecule has 5 rings (SSSR count). The number of rotatable bonds is 7. The minimum atomic E-state index is -0.431. The predicted molar refractivity (Wildman–Crippen MR) is 142 cm³/mol. The fourth-order valence-electron chi connectivity index (χ4n) is 4.28. The Hall–Kier alpha value is -4.11. The van der Waals surface area contributed by atoms with E-state index < -0.39 is 6.04 Å². The van der Waals surface area contributed by atoms with Crippen molar-refractivity contribution in [3.63, 3.8) is 0 Å². The topological polar surface area (TPSA) is 90.3 Å². The maximum atomic E-state index is 13.7. The average Bonchev–Trinajstić information content (AvgIpc) is 3.50. The summed E-state index contributed by atoms with van der Waals surface area (Å²) in [5.41, 5.74) is 3.85. The highest BCUT2D eigenvalue weighted by Crippen LogP contribution is 2.40. The Morgan fingerprint density at radius 2 is 1.92 bits per heavy atom. The Balaban J connectivity index is 1.55. The van der Waals surface area contributed by atoms with Crippen molar-refractivity contribution in [2.24, 2.45) is 0 Å². The van der Waals surface area contributed by atoms with Gasteiger partial charge in [-0.3, -0.25) is 4.79 Å². The summed E-state index contributed by atoms with van der Waals surface area (Å²) in [5.74, 6) is 2.31. The van der Waals surface area contributed by atoms with Crippen LogP contribution >= 0.6 is 11.3 Å². The Kier molecular flexibility index (Phi) is 6.47. The number of carbonyl (C=O) groups is 1. The van der Waals surface area contributed by atoms with E-state index in [-0.39, 0.29) is 5.91 Å². The van der Waals surface area contributed by atoms with Crippen LogP contribution in [-0.2, 0) is 4.79 Å². The second kappa shape index (κ2) is 9.87. The molecule has 0 spiro atoms. The Morgan fingerprint density at radius 3 is 2.61 bits per heavy atom. The van der Waals surface area contributed by atoms with Crippen LogP contribution in [0.2, 0.25) is 0 Å². The van der Waals surface area contributed by atoms with Gasteiger partial charge in [-0.05, 0) is 74.2 Å². The number of anilines is 2. The first kappa shape index (κ1) is 23.6. The Morgan fingerprint density at radius 1 is 1.14 bits per heavy atom. The van der Waals surface area contributed by atoms with E-state index >= 15 is 0 Å². The third-order valence-corrected chi connectivity index (χ3v) is 7.10. The molecule has 0 radical (unpaired) electrons. The summed E-state index contributed by atoms with van der Waals surface area (Å²) < 4.78 is 12.8. The number of aryl methyl sites for hydroxylation is 1. The van der Waals surface area contributed by atoms with Gasteiger partial charge in [-0.1, -0.05) is 12.1 Å². The summed E-state index contributed by atoms with van der Waals surface area (Å²) in [4.78, 5) is 19.5.